The maximum absolute atomic E-state index is 11.7. The molecule has 0 bridgehead atoms. The SMILES string of the molecule is CC=C(C)CN1CC(C(=O)OC(C)(C)C)C1. The molecule has 1 rings (SSSR count). The van der Waals surface area contributed by atoms with Crippen LogP contribution >= 0.6 is 0 Å². The topological polar surface area (TPSA) is 29.5 Å². The predicted octanol–water partition coefficient (Wildman–Crippen LogP) is 2.23. The molecular weight excluding hydrogens is 202 g/mol. The number of carbonyl (C=O) groups is 1. The zero-order valence-corrected chi connectivity index (χ0v) is 11.0. The van der Waals surface area contributed by atoms with Crippen LogP contribution in [0.5, 0.6) is 0 Å². The molecule has 0 radical (unpaired) electrons. The van der Waals surface area contributed by atoms with Crippen molar-refractivity contribution in [1.29, 1.82) is 0 Å². The molecule has 16 heavy (non-hydrogen) atoms. The number of hydrogen-bond donors (Lipinski definition) is 0. The van der Waals surface area contributed by atoms with E-state index in [0.29, 0.717) is 0 Å². The van der Waals surface area contributed by atoms with E-state index in [0.717, 1.165) is 19.6 Å². The fraction of sp³-hybridized carbons (Fsp3) is 0.769. The zero-order chi connectivity index (χ0) is 12.3. The van der Waals surface area contributed by atoms with Crippen molar-refractivity contribution in [3.63, 3.8) is 0 Å². The first-order valence-electron chi connectivity index (χ1n) is 5.89. The van der Waals surface area contributed by atoms with Gasteiger partial charge in [0.05, 0.1) is 5.92 Å². The Bertz CT molecular complexity index is 283. The summed E-state index contributed by atoms with van der Waals surface area (Å²) in [6.07, 6.45) is 2.11. The van der Waals surface area contributed by atoms with E-state index >= 15 is 0 Å². The van der Waals surface area contributed by atoms with Crippen LogP contribution in [0.4, 0.5) is 0 Å². The molecule has 92 valence electrons. The van der Waals surface area contributed by atoms with Gasteiger partial charge in [-0.3, -0.25) is 9.69 Å². The molecule has 1 aliphatic rings. The minimum atomic E-state index is -0.364. The lowest BCUT2D eigenvalue weighted by Gasteiger charge is -2.39. The number of allylic oxidation sites excluding steroid dienone is 1. The third kappa shape index (κ3) is 3.97. The number of esters is 1. The van der Waals surface area contributed by atoms with Crippen molar-refractivity contribution in [3.8, 4) is 0 Å². The maximum Gasteiger partial charge on any atom is 0.312 e. The molecule has 3 heteroatoms. The molecule has 0 aromatic carbocycles. The molecule has 0 aromatic heterocycles. The van der Waals surface area contributed by atoms with E-state index in [-0.39, 0.29) is 17.5 Å². The average Bonchev–Trinajstić information content (AvgIpc) is 2.06. The first kappa shape index (κ1) is 13.2. The highest BCUT2D eigenvalue weighted by atomic mass is 16.6. The minimum Gasteiger partial charge on any atom is -0.460 e. The van der Waals surface area contributed by atoms with E-state index in [4.69, 9.17) is 4.74 Å². The molecule has 1 saturated heterocycles. The largest absolute Gasteiger partial charge is 0.460 e. The van der Waals surface area contributed by atoms with Gasteiger partial charge in [0.25, 0.3) is 0 Å². The molecule has 1 aliphatic heterocycles. The van der Waals surface area contributed by atoms with E-state index < -0.39 is 0 Å². The van der Waals surface area contributed by atoms with Crippen LogP contribution in [0.15, 0.2) is 11.6 Å². The van der Waals surface area contributed by atoms with Crippen LogP contribution in [0.2, 0.25) is 0 Å². The standard InChI is InChI=1S/C13H23NO2/c1-6-10(2)7-14-8-11(9-14)12(15)16-13(3,4)5/h6,11H,7-9H2,1-5H3. The molecule has 1 fully saturated rings. The lowest BCUT2D eigenvalue weighted by atomic mass is 9.99. The van der Waals surface area contributed by atoms with Crippen molar-refractivity contribution in [2.24, 2.45) is 5.92 Å². The van der Waals surface area contributed by atoms with Gasteiger partial charge >= 0.3 is 5.97 Å². The highest BCUT2D eigenvalue weighted by Gasteiger charge is 2.35. The number of rotatable bonds is 3. The molecule has 0 spiro atoms. The zero-order valence-electron chi connectivity index (χ0n) is 11.0. The minimum absolute atomic E-state index is 0.0538. The Morgan fingerprint density at radius 3 is 2.44 bits per heavy atom. The molecule has 0 unspecified atom stereocenters. The van der Waals surface area contributed by atoms with Gasteiger partial charge in [0, 0.05) is 19.6 Å². The summed E-state index contributed by atoms with van der Waals surface area (Å²) in [5.74, 6) is 0.0192. The molecule has 0 aliphatic carbocycles. The summed E-state index contributed by atoms with van der Waals surface area (Å²) in [7, 11) is 0. The number of nitrogens with zero attached hydrogens (tertiary/aromatic N) is 1. The summed E-state index contributed by atoms with van der Waals surface area (Å²) in [5, 5.41) is 0. The van der Waals surface area contributed by atoms with Crippen LogP contribution in [-0.2, 0) is 9.53 Å². The summed E-state index contributed by atoms with van der Waals surface area (Å²) in [5.41, 5.74) is 0.985. The van der Waals surface area contributed by atoms with Crippen molar-refractivity contribution >= 4 is 5.97 Å². The van der Waals surface area contributed by atoms with E-state index in [1.807, 2.05) is 27.7 Å². The van der Waals surface area contributed by atoms with Crippen LogP contribution in [0, 0.1) is 5.92 Å². The molecule has 0 amide bonds. The highest BCUT2D eigenvalue weighted by molar-refractivity contribution is 5.74. The van der Waals surface area contributed by atoms with Gasteiger partial charge in [0.15, 0.2) is 0 Å². The second-order valence-electron chi connectivity index (χ2n) is 5.56. The van der Waals surface area contributed by atoms with Crippen LogP contribution in [0.3, 0.4) is 0 Å². The number of hydrogen-bond acceptors (Lipinski definition) is 3. The Labute approximate surface area is 98.5 Å². The molecular formula is C13H23NO2. The average molecular weight is 225 g/mol. The Hall–Kier alpha value is -0.830. The monoisotopic (exact) mass is 225 g/mol. The molecule has 1 heterocycles. The Kier molecular flexibility index (Phi) is 4.14. The van der Waals surface area contributed by atoms with Gasteiger partial charge in [0.1, 0.15) is 5.60 Å². The van der Waals surface area contributed by atoms with Crippen LogP contribution in [0.25, 0.3) is 0 Å². The fourth-order valence-corrected chi connectivity index (χ4v) is 1.68. The van der Waals surface area contributed by atoms with Crippen LogP contribution in [0.1, 0.15) is 34.6 Å². The number of ether oxygens (including phenoxy) is 1. The third-order valence-corrected chi connectivity index (χ3v) is 2.66. The lowest BCUT2D eigenvalue weighted by molar-refractivity contribution is -0.165. The van der Waals surface area contributed by atoms with E-state index in [1.54, 1.807) is 0 Å². The van der Waals surface area contributed by atoms with Gasteiger partial charge in [-0.05, 0) is 34.6 Å². The smallest absolute Gasteiger partial charge is 0.312 e. The van der Waals surface area contributed by atoms with Gasteiger partial charge in [-0.15, -0.1) is 0 Å². The summed E-state index contributed by atoms with van der Waals surface area (Å²) in [4.78, 5) is 13.9. The van der Waals surface area contributed by atoms with Crippen LogP contribution in [-0.4, -0.2) is 36.1 Å². The predicted molar refractivity (Wildman–Crippen MR) is 65.2 cm³/mol. The molecule has 0 aromatic rings. The van der Waals surface area contributed by atoms with Crippen molar-refractivity contribution in [2.45, 2.75) is 40.2 Å². The number of likely N-dealkylation sites (tertiary alicyclic amines) is 1. The maximum atomic E-state index is 11.7. The van der Waals surface area contributed by atoms with Gasteiger partial charge in [-0.2, -0.15) is 0 Å². The summed E-state index contributed by atoms with van der Waals surface area (Å²) >= 11 is 0. The first-order chi connectivity index (χ1) is 7.31. The lowest BCUT2D eigenvalue weighted by Crippen LogP contribution is -2.52. The summed E-state index contributed by atoms with van der Waals surface area (Å²) in [6.45, 7) is 12.5. The normalized spacial score (nSPS) is 19.4. The summed E-state index contributed by atoms with van der Waals surface area (Å²) < 4.78 is 5.34. The number of carbonyl (C=O) groups excluding carboxylic acids is 1. The second-order valence-corrected chi connectivity index (χ2v) is 5.56. The van der Waals surface area contributed by atoms with Gasteiger partial charge in [-0.1, -0.05) is 11.6 Å². The third-order valence-electron chi connectivity index (χ3n) is 2.66. The Morgan fingerprint density at radius 2 is 2.00 bits per heavy atom. The highest BCUT2D eigenvalue weighted by Crippen LogP contribution is 2.20. The Morgan fingerprint density at radius 1 is 1.44 bits per heavy atom. The second kappa shape index (κ2) is 5.00. The van der Waals surface area contributed by atoms with E-state index in [9.17, 15) is 4.79 Å². The fourth-order valence-electron chi connectivity index (χ4n) is 1.68. The van der Waals surface area contributed by atoms with E-state index in [2.05, 4.69) is 17.9 Å². The Balaban J connectivity index is 2.28. The van der Waals surface area contributed by atoms with Crippen molar-refractivity contribution < 1.29 is 9.53 Å². The summed E-state index contributed by atoms with van der Waals surface area (Å²) in [6, 6.07) is 0. The van der Waals surface area contributed by atoms with Crippen LogP contribution < -0.4 is 0 Å². The van der Waals surface area contributed by atoms with Crippen molar-refractivity contribution in [3.05, 3.63) is 11.6 Å². The molecule has 0 N–H and O–H groups in total. The van der Waals surface area contributed by atoms with Crippen molar-refractivity contribution in [1.82, 2.24) is 4.90 Å². The first-order valence-corrected chi connectivity index (χ1v) is 5.89. The van der Waals surface area contributed by atoms with E-state index in [1.165, 1.54) is 5.57 Å². The van der Waals surface area contributed by atoms with Gasteiger partial charge in [-0.25, -0.2) is 0 Å². The van der Waals surface area contributed by atoms with Gasteiger partial charge < -0.3 is 4.74 Å². The molecule has 0 saturated carbocycles. The van der Waals surface area contributed by atoms with Gasteiger partial charge in [0.2, 0.25) is 0 Å². The quantitative estimate of drug-likeness (QED) is 0.545. The van der Waals surface area contributed by atoms with Crippen molar-refractivity contribution in [2.75, 3.05) is 19.6 Å². The molecule has 0 atom stereocenters. The molecule has 3 nitrogen and oxygen atoms in total.